The number of ketones is 1. The smallest absolute Gasteiger partial charge is 0.295 e. The van der Waals surface area contributed by atoms with Gasteiger partial charge in [0.05, 0.1) is 24.8 Å². The van der Waals surface area contributed by atoms with Crippen molar-refractivity contribution in [3.05, 3.63) is 71.0 Å². The van der Waals surface area contributed by atoms with Gasteiger partial charge in [0.25, 0.3) is 11.7 Å². The number of ether oxygens (including phenoxy) is 2. The molecule has 1 amide bonds. The molecule has 0 aliphatic carbocycles. The molecule has 1 N–H and O–H groups in total. The van der Waals surface area contributed by atoms with Gasteiger partial charge in [-0.05, 0) is 25.1 Å². The zero-order valence-corrected chi connectivity index (χ0v) is 16.2. The topological polar surface area (TPSA) is 76.1 Å². The maximum atomic E-state index is 14.6. The number of carbonyl (C=O) groups is 2. The molecule has 7 heteroatoms. The lowest BCUT2D eigenvalue weighted by molar-refractivity contribution is -0.140. The molecule has 152 valence electrons. The van der Waals surface area contributed by atoms with Crippen LogP contribution in [0.15, 0.2) is 54.1 Å². The Hall–Kier alpha value is -3.19. The van der Waals surface area contributed by atoms with Crippen molar-refractivity contribution in [1.29, 1.82) is 0 Å². The highest BCUT2D eigenvalue weighted by Crippen LogP contribution is 2.40. The van der Waals surface area contributed by atoms with Crippen LogP contribution in [0.1, 0.15) is 24.1 Å². The molecular formula is C22H22FNO5. The van der Waals surface area contributed by atoms with E-state index in [1.54, 1.807) is 30.3 Å². The van der Waals surface area contributed by atoms with E-state index in [9.17, 15) is 19.1 Å². The van der Waals surface area contributed by atoms with E-state index in [1.807, 2.05) is 6.92 Å². The lowest BCUT2D eigenvalue weighted by Gasteiger charge is -2.25. The summed E-state index contributed by atoms with van der Waals surface area (Å²) in [6.45, 7) is 2.50. The number of hydrogen-bond donors (Lipinski definition) is 1. The molecule has 1 atom stereocenters. The molecule has 0 spiro atoms. The highest BCUT2D eigenvalue weighted by molar-refractivity contribution is 6.46. The summed E-state index contributed by atoms with van der Waals surface area (Å²) in [6, 6.07) is 11.4. The van der Waals surface area contributed by atoms with Gasteiger partial charge in [-0.3, -0.25) is 9.59 Å². The molecule has 0 radical (unpaired) electrons. The van der Waals surface area contributed by atoms with Gasteiger partial charge in [0, 0.05) is 24.8 Å². The summed E-state index contributed by atoms with van der Waals surface area (Å²) >= 11 is 0. The van der Waals surface area contributed by atoms with Crippen LogP contribution in [0.5, 0.6) is 5.75 Å². The molecule has 1 aliphatic heterocycles. The van der Waals surface area contributed by atoms with Gasteiger partial charge in [-0.15, -0.1) is 0 Å². The van der Waals surface area contributed by atoms with Gasteiger partial charge in [-0.1, -0.05) is 30.3 Å². The monoisotopic (exact) mass is 399 g/mol. The van der Waals surface area contributed by atoms with Gasteiger partial charge in [0.15, 0.2) is 0 Å². The van der Waals surface area contributed by atoms with Crippen molar-refractivity contribution in [1.82, 2.24) is 4.90 Å². The van der Waals surface area contributed by atoms with E-state index < -0.39 is 23.5 Å². The van der Waals surface area contributed by atoms with Gasteiger partial charge < -0.3 is 19.5 Å². The fourth-order valence-electron chi connectivity index (χ4n) is 3.38. The Morgan fingerprint density at radius 1 is 1.17 bits per heavy atom. The Kier molecular flexibility index (Phi) is 6.29. The lowest BCUT2D eigenvalue weighted by Crippen LogP contribution is -2.33. The maximum absolute atomic E-state index is 14.6. The molecule has 0 aromatic heterocycles. The fraction of sp³-hybridized carbons (Fsp3) is 0.273. The Morgan fingerprint density at radius 2 is 1.93 bits per heavy atom. The Bertz CT molecular complexity index is 956. The predicted octanol–water partition coefficient (Wildman–Crippen LogP) is 3.29. The van der Waals surface area contributed by atoms with Crippen molar-refractivity contribution in [3.63, 3.8) is 0 Å². The summed E-state index contributed by atoms with van der Waals surface area (Å²) < 4.78 is 25.1. The summed E-state index contributed by atoms with van der Waals surface area (Å²) in [5, 5.41) is 10.9. The third kappa shape index (κ3) is 4.00. The average Bonchev–Trinajstić information content (AvgIpc) is 2.97. The molecule has 2 aromatic carbocycles. The van der Waals surface area contributed by atoms with Gasteiger partial charge >= 0.3 is 0 Å². The van der Waals surface area contributed by atoms with Gasteiger partial charge in [0.1, 0.15) is 17.3 Å². The van der Waals surface area contributed by atoms with Gasteiger partial charge in [0.2, 0.25) is 0 Å². The quantitative estimate of drug-likeness (QED) is 0.439. The van der Waals surface area contributed by atoms with Crippen LogP contribution >= 0.6 is 0 Å². The minimum absolute atomic E-state index is 0.0792. The second-order valence-corrected chi connectivity index (χ2v) is 6.47. The summed E-state index contributed by atoms with van der Waals surface area (Å²) in [4.78, 5) is 26.7. The van der Waals surface area contributed by atoms with E-state index in [0.29, 0.717) is 17.9 Å². The van der Waals surface area contributed by atoms with Crippen molar-refractivity contribution in [3.8, 4) is 5.75 Å². The number of halogens is 1. The molecule has 29 heavy (non-hydrogen) atoms. The van der Waals surface area contributed by atoms with Crippen molar-refractivity contribution < 1.29 is 28.6 Å². The molecular weight excluding hydrogens is 377 g/mol. The zero-order chi connectivity index (χ0) is 21.0. The Morgan fingerprint density at radius 3 is 2.62 bits per heavy atom. The van der Waals surface area contributed by atoms with Crippen LogP contribution in [0, 0.1) is 5.82 Å². The van der Waals surface area contributed by atoms with Crippen LogP contribution in [0.3, 0.4) is 0 Å². The largest absolute Gasteiger partial charge is 0.507 e. The number of carbonyl (C=O) groups excluding carboxylic acids is 2. The summed E-state index contributed by atoms with van der Waals surface area (Å²) in [5.41, 5.74) is 0.275. The number of aliphatic hydroxyl groups is 1. The number of likely N-dealkylation sites (tertiary alicyclic amines) is 1. The SMILES string of the molecule is CCOc1cccc(/C(O)=C2/C(=O)C(=O)N(CCOC)C2c2ccccc2F)c1. The molecule has 1 fully saturated rings. The first-order valence-electron chi connectivity index (χ1n) is 9.24. The molecule has 1 aliphatic rings. The molecule has 3 rings (SSSR count). The number of aliphatic hydroxyl groups excluding tert-OH is 1. The van der Waals surface area contributed by atoms with Crippen LogP contribution in [0.25, 0.3) is 5.76 Å². The third-order valence-electron chi connectivity index (χ3n) is 4.69. The van der Waals surface area contributed by atoms with E-state index in [1.165, 1.54) is 30.2 Å². The first-order chi connectivity index (χ1) is 14.0. The standard InChI is InChI=1S/C22H22FNO5/c1-3-29-15-8-6-7-14(13-15)20(25)18-19(16-9-4-5-10-17(16)23)24(11-12-28-2)22(27)21(18)26/h4-10,13,19,25H,3,11-12H2,1-2H3/b20-18-. The molecule has 6 nitrogen and oxygen atoms in total. The van der Waals surface area contributed by atoms with Crippen LogP contribution in [0.2, 0.25) is 0 Å². The van der Waals surface area contributed by atoms with Crippen molar-refractivity contribution in [2.24, 2.45) is 0 Å². The van der Waals surface area contributed by atoms with Crippen LogP contribution in [-0.4, -0.2) is 48.6 Å². The molecule has 2 aromatic rings. The predicted molar refractivity (Wildman–Crippen MR) is 105 cm³/mol. The normalized spacial score (nSPS) is 18.3. The number of benzene rings is 2. The fourth-order valence-corrected chi connectivity index (χ4v) is 3.38. The first kappa shape index (κ1) is 20.5. The maximum Gasteiger partial charge on any atom is 0.295 e. The first-order valence-corrected chi connectivity index (χ1v) is 9.24. The molecule has 1 unspecified atom stereocenters. The minimum atomic E-state index is -1.05. The number of methoxy groups -OCH3 is 1. The third-order valence-corrected chi connectivity index (χ3v) is 4.69. The van der Waals surface area contributed by atoms with Crippen LogP contribution in [-0.2, 0) is 14.3 Å². The summed E-state index contributed by atoms with van der Waals surface area (Å²) in [6.07, 6.45) is 0. The number of amides is 1. The van der Waals surface area contributed by atoms with Gasteiger partial charge in [-0.25, -0.2) is 4.39 Å². The average molecular weight is 399 g/mol. The Labute approximate surface area is 168 Å². The molecule has 1 heterocycles. The lowest BCUT2D eigenvalue weighted by atomic mass is 9.95. The van der Waals surface area contributed by atoms with E-state index in [2.05, 4.69) is 0 Å². The number of rotatable bonds is 7. The van der Waals surface area contributed by atoms with E-state index in [4.69, 9.17) is 9.47 Å². The van der Waals surface area contributed by atoms with E-state index >= 15 is 0 Å². The van der Waals surface area contributed by atoms with Crippen molar-refractivity contribution >= 4 is 17.4 Å². The van der Waals surface area contributed by atoms with E-state index in [0.717, 1.165) is 0 Å². The highest BCUT2D eigenvalue weighted by Gasteiger charge is 2.46. The summed E-state index contributed by atoms with van der Waals surface area (Å²) in [5.74, 6) is -2.12. The number of Topliss-reactive ketones (excluding diaryl/α,β-unsaturated/α-hetero) is 1. The summed E-state index contributed by atoms with van der Waals surface area (Å²) in [7, 11) is 1.47. The van der Waals surface area contributed by atoms with Crippen molar-refractivity contribution in [2.75, 3.05) is 26.9 Å². The van der Waals surface area contributed by atoms with Gasteiger partial charge in [-0.2, -0.15) is 0 Å². The van der Waals surface area contributed by atoms with Crippen LogP contribution in [0.4, 0.5) is 4.39 Å². The second-order valence-electron chi connectivity index (χ2n) is 6.47. The minimum Gasteiger partial charge on any atom is -0.507 e. The molecule has 0 saturated carbocycles. The zero-order valence-electron chi connectivity index (χ0n) is 16.2. The molecule has 1 saturated heterocycles. The number of hydrogen-bond acceptors (Lipinski definition) is 5. The van der Waals surface area contributed by atoms with Crippen molar-refractivity contribution in [2.45, 2.75) is 13.0 Å². The second kappa shape index (κ2) is 8.87. The van der Waals surface area contributed by atoms with E-state index in [-0.39, 0.29) is 30.0 Å². The highest BCUT2D eigenvalue weighted by atomic mass is 19.1. The molecule has 0 bridgehead atoms. The van der Waals surface area contributed by atoms with Crippen LogP contribution < -0.4 is 4.74 Å². The Balaban J connectivity index is 2.16. The number of nitrogens with zero attached hydrogens (tertiary/aromatic N) is 1.